The fourth-order valence-electron chi connectivity index (χ4n) is 3.35. The molecule has 2 aromatic carbocycles. The first-order chi connectivity index (χ1) is 12.6. The van der Waals surface area contributed by atoms with Crippen LogP contribution in [0.4, 0.5) is 0 Å². The first-order valence-corrected chi connectivity index (χ1v) is 9.22. The van der Waals surface area contributed by atoms with Crippen LogP contribution in [0.15, 0.2) is 53.7 Å². The molecule has 0 N–H and O–H groups in total. The van der Waals surface area contributed by atoms with Crippen LogP contribution in [0.1, 0.15) is 62.1 Å². The Balaban J connectivity index is 2.38. The summed E-state index contributed by atoms with van der Waals surface area (Å²) in [7, 11) is 1.60. The molecular weight excluding hydrogens is 322 g/mol. The second-order valence-electron chi connectivity index (χ2n) is 6.54. The van der Waals surface area contributed by atoms with E-state index in [1.165, 1.54) is 24.8 Å². The molecule has 136 valence electrons. The molecule has 2 atom stereocenters. The summed E-state index contributed by atoms with van der Waals surface area (Å²) in [5.74, 6) is 3.86. The molecule has 0 radical (unpaired) electrons. The Kier molecular flexibility index (Phi) is 6.97. The molecule has 2 unspecified atom stereocenters. The maximum absolute atomic E-state index is 11.8. The molecule has 0 aliphatic heterocycles. The van der Waals surface area contributed by atoms with Crippen LogP contribution in [0.2, 0.25) is 0 Å². The monoisotopic (exact) mass is 349 g/mol. The van der Waals surface area contributed by atoms with Crippen molar-refractivity contribution in [3.05, 3.63) is 70.1 Å². The van der Waals surface area contributed by atoms with Gasteiger partial charge in [-0.3, -0.25) is 0 Å². The van der Waals surface area contributed by atoms with Crippen molar-refractivity contribution < 1.29 is 4.74 Å². The molecule has 0 amide bonds. The third kappa shape index (κ3) is 3.96. The Bertz CT molecular complexity index is 743. The predicted octanol–water partition coefficient (Wildman–Crippen LogP) is 6.02. The highest BCUT2D eigenvalue weighted by Crippen LogP contribution is 2.35. The largest absolute Gasteiger partial charge is 0.497 e. The van der Waals surface area contributed by atoms with E-state index in [0.29, 0.717) is 22.8 Å². The van der Waals surface area contributed by atoms with Gasteiger partial charge in [0.1, 0.15) is 5.75 Å². The highest BCUT2D eigenvalue weighted by molar-refractivity contribution is 5.48. The molecule has 0 aliphatic carbocycles. The normalized spacial score (nSPS) is 14.1. The van der Waals surface area contributed by atoms with E-state index in [-0.39, 0.29) is 0 Å². The van der Waals surface area contributed by atoms with Gasteiger partial charge in [0, 0.05) is 5.56 Å². The molecule has 26 heavy (non-hydrogen) atoms. The minimum absolute atomic E-state index is 0.536. The lowest BCUT2D eigenvalue weighted by atomic mass is 9.82. The summed E-state index contributed by atoms with van der Waals surface area (Å²) in [5.41, 5.74) is 1.35. The fourth-order valence-corrected chi connectivity index (χ4v) is 3.35. The fraction of sp³-hybridized carbons (Fsp3) is 0.391. The molecule has 0 spiro atoms. The molecule has 3 nitrogen and oxygen atoms in total. The molecule has 0 aromatic heterocycles. The first kappa shape index (κ1) is 19.7. The van der Waals surface area contributed by atoms with E-state index in [2.05, 4.69) is 37.1 Å². The first-order valence-electron chi connectivity index (χ1n) is 9.22. The van der Waals surface area contributed by atoms with Crippen LogP contribution in [0.3, 0.4) is 0 Å². The molecule has 0 bridgehead atoms. The van der Waals surface area contributed by atoms with Crippen molar-refractivity contribution in [1.29, 1.82) is 0 Å². The van der Waals surface area contributed by atoms with Gasteiger partial charge in [-0.2, -0.15) is 0 Å². The van der Waals surface area contributed by atoms with E-state index in [1.54, 1.807) is 31.4 Å². The van der Waals surface area contributed by atoms with E-state index in [0.717, 1.165) is 6.42 Å². The number of hydrogen-bond acceptors (Lipinski definition) is 3. The molecular formula is C23H27NO2. The molecule has 2 rings (SSSR count). The average molecular weight is 349 g/mol. The summed E-state index contributed by atoms with van der Waals surface area (Å²) in [6.07, 6.45) is 10.5. The maximum Gasteiger partial charge on any atom is 0.212 e. The average Bonchev–Trinajstić information content (AvgIpc) is 2.71. The third-order valence-electron chi connectivity index (χ3n) is 5.05. The highest BCUT2D eigenvalue weighted by Gasteiger charge is 2.34. The van der Waals surface area contributed by atoms with E-state index >= 15 is 0 Å². The Morgan fingerprint density at radius 2 is 1.65 bits per heavy atom. The van der Waals surface area contributed by atoms with Crippen LogP contribution in [0, 0.1) is 17.3 Å². The van der Waals surface area contributed by atoms with Crippen LogP contribution in [-0.2, 0) is 5.54 Å². The van der Waals surface area contributed by atoms with Gasteiger partial charge in [0.05, 0.1) is 7.11 Å². The summed E-state index contributed by atoms with van der Waals surface area (Å²) >= 11 is 0. The number of hydrogen-bond donors (Lipinski definition) is 0. The number of nitroso groups, excluding NO2 is 1. The van der Waals surface area contributed by atoms with Gasteiger partial charge in [-0.05, 0) is 47.2 Å². The van der Waals surface area contributed by atoms with Gasteiger partial charge in [0.15, 0.2) is 0 Å². The number of nitrogens with zero attached hydrogens (tertiary/aromatic N) is 1. The van der Waals surface area contributed by atoms with Crippen LogP contribution in [0.5, 0.6) is 5.75 Å². The second-order valence-corrected chi connectivity index (χ2v) is 6.54. The van der Waals surface area contributed by atoms with Gasteiger partial charge in [-0.1, -0.05) is 69.0 Å². The van der Waals surface area contributed by atoms with Crippen molar-refractivity contribution in [1.82, 2.24) is 0 Å². The van der Waals surface area contributed by atoms with Gasteiger partial charge in [0.25, 0.3) is 0 Å². The van der Waals surface area contributed by atoms with Crippen LogP contribution < -0.4 is 4.74 Å². The van der Waals surface area contributed by atoms with Crippen molar-refractivity contribution >= 4 is 0 Å². The molecule has 0 fully saturated rings. The number of unbranched alkanes of at least 4 members (excludes halogenated alkanes) is 1. The number of ether oxygens (including phenoxy) is 1. The molecule has 2 aromatic rings. The summed E-state index contributed by atoms with van der Waals surface area (Å²) in [6, 6.07) is 15.2. The zero-order valence-electron chi connectivity index (χ0n) is 15.9. The Morgan fingerprint density at radius 3 is 2.08 bits per heavy atom. The number of methoxy groups -OCH3 is 1. The number of benzene rings is 2. The van der Waals surface area contributed by atoms with Crippen LogP contribution >= 0.6 is 0 Å². The zero-order valence-corrected chi connectivity index (χ0v) is 15.9. The van der Waals surface area contributed by atoms with Crippen molar-refractivity contribution in [3.63, 3.8) is 0 Å². The van der Waals surface area contributed by atoms with E-state index in [1.807, 2.05) is 12.1 Å². The van der Waals surface area contributed by atoms with Crippen molar-refractivity contribution in [2.24, 2.45) is 5.18 Å². The topological polar surface area (TPSA) is 38.7 Å². The quantitative estimate of drug-likeness (QED) is 0.410. The molecule has 0 saturated carbocycles. The van der Waals surface area contributed by atoms with Gasteiger partial charge in [-0.15, -0.1) is 11.3 Å². The Labute approximate surface area is 156 Å². The van der Waals surface area contributed by atoms with Gasteiger partial charge in [0.2, 0.25) is 5.54 Å². The Hall–Kier alpha value is -2.60. The third-order valence-corrected chi connectivity index (χ3v) is 5.05. The van der Waals surface area contributed by atoms with Gasteiger partial charge < -0.3 is 4.74 Å². The lowest BCUT2D eigenvalue weighted by molar-refractivity contribution is 0.414. The Morgan fingerprint density at radius 1 is 1.08 bits per heavy atom. The van der Waals surface area contributed by atoms with E-state index < -0.39 is 5.54 Å². The van der Waals surface area contributed by atoms with Crippen molar-refractivity contribution in [3.8, 4) is 18.1 Å². The smallest absolute Gasteiger partial charge is 0.212 e. The van der Waals surface area contributed by atoms with Crippen molar-refractivity contribution in [2.45, 2.75) is 51.0 Å². The van der Waals surface area contributed by atoms with Gasteiger partial charge >= 0.3 is 0 Å². The summed E-state index contributed by atoms with van der Waals surface area (Å²) in [6.45, 7) is 4.42. The SMILES string of the molecule is C#CC(N=O)(c1ccc(OC)cc1)c1ccc(C(CC)CCCC)cc1. The number of rotatable bonds is 9. The molecule has 3 heteroatoms. The molecule has 0 saturated heterocycles. The van der Waals surface area contributed by atoms with Crippen LogP contribution in [-0.4, -0.2) is 7.11 Å². The maximum atomic E-state index is 11.8. The highest BCUT2D eigenvalue weighted by atomic mass is 16.5. The van der Waals surface area contributed by atoms with Crippen molar-refractivity contribution in [2.75, 3.05) is 7.11 Å². The van der Waals surface area contributed by atoms with Gasteiger partial charge in [-0.25, -0.2) is 0 Å². The lowest BCUT2D eigenvalue weighted by Crippen LogP contribution is -2.22. The standard InChI is InChI=1S/C23H27NO2/c1-5-8-9-18(6-2)19-10-12-20(13-11-19)23(7-3,24-25)21-14-16-22(26-4)17-15-21/h3,10-18H,5-6,8-9H2,1-2,4H3. The summed E-state index contributed by atoms with van der Waals surface area (Å²) < 4.78 is 5.18. The minimum Gasteiger partial charge on any atom is -0.497 e. The number of terminal acetylenes is 1. The predicted molar refractivity (Wildman–Crippen MR) is 107 cm³/mol. The lowest BCUT2D eigenvalue weighted by Gasteiger charge is -2.23. The second kappa shape index (κ2) is 9.20. The molecule has 0 aliphatic rings. The van der Waals surface area contributed by atoms with Crippen LogP contribution in [0.25, 0.3) is 0 Å². The summed E-state index contributed by atoms with van der Waals surface area (Å²) in [4.78, 5) is 11.8. The zero-order chi connectivity index (χ0) is 19.0. The minimum atomic E-state index is -1.32. The van der Waals surface area contributed by atoms with E-state index in [9.17, 15) is 4.91 Å². The van der Waals surface area contributed by atoms with E-state index in [4.69, 9.17) is 11.2 Å². The summed E-state index contributed by atoms with van der Waals surface area (Å²) in [5, 5.41) is 3.35. The molecule has 0 heterocycles.